The van der Waals surface area contributed by atoms with Gasteiger partial charge in [-0.2, -0.15) is 0 Å². The molecule has 8 aromatic heterocycles. The van der Waals surface area contributed by atoms with Gasteiger partial charge in [0, 0.05) is 171 Å². The molecule has 0 aliphatic carbocycles. The van der Waals surface area contributed by atoms with E-state index < -0.39 is 0 Å². The zero-order valence-corrected chi connectivity index (χ0v) is 86.3. The molecule has 0 bridgehead atoms. The predicted octanol–water partition coefficient (Wildman–Crippen LogP) is 15.2. The number of morpholine rings is 8. The van der Waals surface area contributed by atoms with Crippen molar-refractivity contribution in [1.29, 1.82) is 0 Å². The Kier molecular flexibility index (Phi) is 48.6. The number of methoxy groups -OCH3 is 3. The number of nitrogens with zero attached hydrogens (tertiary/aromatic N) is 16. The van der Waals surface area contributed by atoms with E-state index in [9.17, 15) is 0 Å². The topological polar surface area (TPSA) is 291 Å². The maximum absolute atomic E-state index is 9.11. The summed E-state index contributed by atoms with van der Waals surface area (Å²) >= 11 is 0. The Morgan fingerprint density at radius 3 is 0.584 bits per heavy atom. The molecule has 8 aromatic rings. The number of anilines is 8. The maximum Gasteiger partial charge on any atom is 0.0983 e. The number of hydrogen-bond acceptors (Lipinski definition) is 30. The molecule has 16 rings (SSSR count). The van der Waals surface area contributed by atoms with E-state index in [0.29, 0.717) is 99.1 Å². The molecule has 0 amide bonds. The van der Waals surface area contributed by atoms with Crippen LogP contribution in [-0.2, 0) is 52.1 Å². The van der Waals surface area contributed by atoms with E-state index in [0.717, 1.165) is 200 Å². The van der Waals surface area contributed by atoms with Crippen molar-refractivity contribution < 1.29 is 67.4 Å². The van der Waals surface area contributed by atoms with Gasteiger partial charge in [-0.15, -0.1) is 0 Å². The van der Waals surface area contributed by atoms with E-state index in [1.54, 1.807) is 21.3 Å². The van der Waals surface area contributed by atoms with Gasteiger partial charge >= 0.3 is 0 Å². The fraction of sp³-hybridized carbons (Fsp3) is 0.626. The van der Waals surface area contributed by atoms with Crippen LogP contribution in [0, 0.1) is 0 Å². The van der Waals surface area contributed by atoms with Gasteiger partial charge in [-0.05, 0) is 158 Å². The molecule has 16 heterocycles. The fourth-order valence-corrected chi connectivity index (χ4v) is 16.5. The van der Waals surface area contributed by atoms with Crippen LogP contribution < -0.4 is 39.2 Å². The number of aromatic nitrogens is 8. The summed E-state index contributed by atoms with van der Waals surface area (Å²) in [5, 5.41) is 27.3. The average Bonchev–Trinajstić information content (AvgIpc) is 0.755. The molecule has 758 valence electrons. The summed E-state index contributed by atoms with van der Waals surface area (Å²) in [5.41, 5.74) is 18.3. The first-order valence-corrected chi connectivity index (χ1v) is 49.9. The maximum atomic E-state index is 9.11. The van der Waals surface area contributed by atoms with E-state index in [-0.39, 0.29) is 56.4 Å². The summed E-state index contributed by atoms with van der Waals surface area (Å²) in [4.78, 5) is 54.2. The molecule has 8 aliphatic heterocycles. The molecule has 3 N–H and O–H groups in total. The summed E-state index contributed by atoms with van der Waals surface area (Å²) in [6.07, 6.45) is 15.8. The van der Waals surface area contributed by atoms with Gasteiger partial charge in [0.2, 0.25) is 0 Å². The first-order chi connectivity index (χ1) is 66.1. The Morgan fingerprint density at radius 1 is 0.255 bits per heavy atom. The largest absolute Gasteiger partial charge is 0.394 e. The lowest BCUT2D eigenvalue weighted by molar-refractivity contribution is -0.0101. The third kappa shape index (κ3) is 36.9. The van der Waals surface area contributed by atoms with E-state index in [2.05, 4.69) is 301 Å². The van der Waals surface area contributed by atoms with Crippen LogP contribution in [0.3, 0.4) is 0 Å². The van der Waals surface area contributed by atoms with E-state index >= 15 is 0 Å². The minimum atomic E-state index is -0.0754. The van der Waals surface area contributed by atoms with Crippen LogP contribution in [0.5, 0.6) is 0 Å². The summed E-state index contributed by atoms with van der Waals surface area (Å²) in [6.45, 7) is 60.6. The number of aliphatic hydroxyl groups is 3. The SMILES string of the molecule is CC(C)c1ccc(N2CCOC(CO)C2)cn1.CC(C)c1ccc(N2CCOC[C@@H]2C)cn1.CC(C)c1ccc(N2CCOC[C@H]2C)cn1.CC(C)c1ccc(N2CCO[C@@H](CO)C2)cn1.CC(C)c1ccc(N2CCO[C@H](CO)C2)cn1.COCC1CN(c2ccc(C(C)C)nc2)CCO1.COC[C@@H]1CN(c2ccc(C(C)C)nc2)CCO1.COC[C@H]1CN(c2ccc(C(C)C)nc2)CCO1. The van der Waals surface area contributed by atoms with Gasteiger partial charge in [-0.25, -0.2) is 0 Å². The van der Waals surface area contributed by atoms with Crippen molar-refractivity contribution in [2.75, 3.05) is 258 Å². The molecule has 8 fully saturated rings. The van der Waals surface area contributed by atoms with Gasteiger partial charge in [0.25, 0.3) is 0 Å². The highest BCUT2D eigenvalue weighted by molar-refractivity contribution is 5.52. The lowest BCUT2D eigenvalue weighted by Gasteiger charge is -2.35. The minimum Gasteiger partial charge on any atom is -0.394 e. The summed E-state index contributed by atoms with van der Waals surface area (Å²) in [5.74, 6) is 3.80. The van der Waals surface area contributed by atoms with Gasteiger partial charge in [0.1, 0.15) is 0 Å². The highest BCUT2D eigenvalue weighted by Gasteiger charge is 2.29. The van der Waals surface area contributed by atoms with Crippen molar-refractivity contribution in [3.63, 3.8) is 0 Å². The third-order valence-corrected chi connectivity index (χ3v) is 25.0. The van der Waals surface area contributed by atoms with Crippen molar-refractivity contribution >= 4 is 45.5 Å². The number of ether oxygens (including phenoxy) is 11. The molecule has 2 unspecified atom stereocenters. The predicted molar refractivity (Wildman–Crippen MR) is 550 cm³/mol. The van der Waals surface area contributed by atoms with Crippen molar-refractivity contribution in [2.45, 2.75) is 221 Å². The molecule has 30 nitrogen and oxygen atoms in total. The second kappa shape index (κ2) is 59.6. The second-order valence-electron chi connectivity index (χ2n) is 38.5. The molecule has 8 aliphatic rings. The fourth-order valence-electron chi connectivity index (χ4n) is 16.5. The molecular weight excluding hydrogens is 1730 g/mol. The van der Waals surface area contributed by atoms with Gasteiger partial charge < -0.3 is 107 Å². The smallest absolute Gasteiger partial charge is 0.0983 e. The van der Waals surface area contributed by atoms with Gasteiger partial charge in [-0.1, -0.05) is 111 Å². The summed E-state index contributed by atoms with van der Waals surface area (Å²) in [7, 11) is 5.13. The van der Waals surface area contributed by atoms with Crippen LogP contribution >= 0.6 is 0 Å². The van der Waals surface area contributed by atoms with Crippen LogP contribution in [0.2, 0.25) is 0 Å². The third-order valence-electron chi connectivity index (χ3n) is 25.0. The monoisotopic (exact) mass is 1900 g/mol. The Morgan fingerprint density at radius 2 is 0.431 bits per heavy atom. The quantitative estimate of drug-likeness (QED) is 0.0479. The van der Waals surface area contributed by atoms with Crippen molar-refractivity contribution in [3.05, 3.63) is 192 Å². The Balaban J connectivity index is 0.000000175. The normalized spacial score (nSPS) is 20.9. The molecule has 0 radical (unpaired) electrons. The van der Waals surface area contributed by atoms with Crippen molar-refractivity contribution in [2.24, 2.45) is 0 Å². The van der Waals surface area contributed by atoms with Crippen molar-refractivity contribution in [1.82, 2.24) is 39.9 Å². The zero-order valence-electron chi connectivity index (χ0n) is 86.3. The first-order valence-electron chi connectivity index (χ1n) is 49.9. The molecule has 0 aromatic carbocycles. The molecular formula is C107H166N16O14. The standard InChI is InChI=1S/3C14H22N2O2.3C13H20N2O2.2C13H20N2O/c3*1-11(2)14-5-4-12(8-15-14)16-6-7-18-13(9-16)10-17-3;3*1-10(2)13-4-3-11(7-14-13)15-5-6-17-12(8-15)9-16;2*1-10(2)13-5-4-12(8-14-13)15-6-7-16-9-11(15)3/h3*4-5,8,11,13H,6-7,9-10H2,1-3H3;3*3-4,7,10,12,16H,5-6,8-9H2,1-2H3;2*4-5,8,10-11H,6-7,9H2,1-3H3/t2*13-;;2*12-;;2*11-/m10.10.10/s1. The summed E-state index contributed by atoms with van der Waals surface area (Å²) < 4.78 is 59.5. The highest BCUT2D eigenvalue weighted by Crippen LogP contribution is 2.30. The Hall–Kier alpha value is -8.96. The minimum absolute atomic E-state index is 0.0754. The summed E-state index contributed by atoms with van der Waals surface area (Å²) in [6, 6.07) is 34.8. The molecule has 0 saturated carbocycles. The number of hydrogen-bond donors (Lipinski definition) is 3. The van der Waals surface area contributed by atoms with Gasteiger partial charge in [0.15, 0.2) is 0 Å². The van der Waals surface area contributed by atoms with E-state index in [4.69, 9.17) is 67.4 Å². The Labute approximate surface area is 819 Å². The number of rotatable bonds is 25. The van der Waals surface area contributed by atoms with Crippen LogP contribution in [0.25, 0.3) is 0 Å². The van der Waals surface area contributed by atoms with Gasteiger partial charge in [-0.3, -0.25) is 39.9 Å². The lowest BCUT2D eigenvalue weighted by Crippen LogP contribution is -2.44. The molecule has 8 saturated heterocycles. The van der Waals surface area contributed by atoms with Gasteiger partial charge in [0.05, 0.1) is 237 Å². The van der Waals surface area contributed by atoms with Crippen molar-refractivity contribution in [3.8, 4) is 0 Å². The van der Waals surface area contributed by atoms with Crippen LogP contribution in [-0.4, -0.2) is 323 Å². The Bertz CT molecular complexity index is 4120. The average molecular weight is 1900 g/mol. The highest BCUT2D eigenvalue weighted by atomic mass is 16.5. The molecule has 137 heavy (non-hydrogen) atoms. The zero-order chi connectivity index (χ0) is 98.7. The molecule has 30 heteroatoms. The van der Waals surface area contributed by atoms with Crippen LogP contribution in [0.4, 0.5) is 45.5 Å². The van der Waals surface area contributed by atoms with E-state index in [1.807, 2.05) is 49.6 Å². The van der Waals surface area contributed by atoms with Crippen LogP contribution in [0.15, 0.2) is 147 Å². The molecule has 0 spiro atoms. The van der Waals surface area contributed by atoms with Crippen LogP contribution in [0.1, 0.15) is 218 Å². The van der Waals surface area contributed by atoms with E-state index in [1.165, 1.54) is 28.4 Å². The lowest BCUT2D eigenvalue weighted by atomic mass is 10.1. The first kappa shape index (κ1) is 112. The number of aliphatic hydroxyl groups excluding tert-OH is 3. The molecule has 8 atom stereocenters. The second-order valence-corrected chi connectivity index (χ2v) is 38.5. The number of pyridine rings is 8.